The summed E-state index contributed by atoms with van der Waals surface area (Å²) in [6, 6.07) is 4.78. The molecule has 0 aliphatic carbocycles. The van der Waals surface area contributed by atoms with Crippen LogP contribution in [0.5, 0.6) is 5.75 Å². The van der Waals surface area contributed by atoms with Crippen LogP contribution in [0.1, 0.15) is 5.56 Å². The Morgan fingerprint density at radius 3 is 2.83 bits per heavy atom. The summed E-state index contributed by atoms with van der Waals surface area (Å²) >= 11 is 0.774. The van der Waals surface area contributed by atoms with Gasteiger partial charge in [0.15, 0.2) is 6.61 Å². The summed E-state index contributed by atoms with van der Waals surface area (Å²) in [5.41, 5.74) is 0.859. The first kappa shape index (κ1) is 15.1. The number of amides is 3. The molecule has 1 fully saturated rings. The van der Waals surface area contributed by atoms with Crippen LogP contribution in [0.25, 0.3) is 6.08 Å². The standard InChI is InChI=1S/C14H10N2O6S/c17-11-6-22-9-2-1-7(3-8(9)16(11)5-12(18)19)4-10-13(20)15-14(21)23-10/h1-4H,5-6H2,(H,18,19)(H,15,20,21). The molecule has 0 aromatic heterocycles. The van der Waals surface area contributed by atoms with Crippen LogP contribution in [0.4, 0.5) is 10.5 Å². The number of benzene rings is 1. The molecule has 8 nitrogen and oxygen atoms in total. The Morgan fingerprint density at radius 1 is 1.39 bits per heavy atom. The van der Waals surface area contributed by atoms with E-state index in [0.29, 0.717) is 17.0 Å². The second-order valence-electron chi connectivity index (χ2n) is 4.74. The number of nitrogens with zero attached hydrogens (tertiary/aromatic N) is 1. The van der Waals surface area contributed by atoms with Crippen molar-refractivity contribution in [2.75, 3.05) is 18.1 Å². The third kappa shape index (κ3) is 3.04. The summed E-state index contributed by atoms with van der Waals surface area (Å²) in [4.78, 5) is 46.8. The Hall–Kier alpha value is -2.81. The lowest BCUT2D eigenvalue weighted by atomic mass is 10.1. The van der Waals surface area contributed by atoms with Crippen molar-refractivity contribution in [1.29, 1.82) is 0 Å². The molecule has 1 aromatic rings. The normalized spacial score (nSPS) is 18.7. The summed E-state index contributed by atoms with van der Waals surface area (Å²) in [5.74, 6) is -1.72. The van der Waals surface area contributed by atoms with Crippen LogP contribution in [0, 0.1) is 0 Å². The van der Waals surface area contributed by atoms with Crippen LogP contribution in [0.15, 0.2) is 23.1 Å². The van der Waals surface area contributed by atoms with Gasteiger partial charge in [-0.05, 0) is 35.5 Å². The van der Waals surface area contributed by atoms with E-state index < -0.39 is 29.6 Å². The summed E-state index contributed by atoms with van der Waals surface area (Å²) in [6.45, 7) is -0.712. The first-order valence-corrected chi connectivity index (χ1v) is 7.29. The molecule has 2 aliphatic rings. The number of carboxylic acid groups (broad SMARTS) is 1. The van der Waals surface area contributed by atoms with Crippen LogP contribution >= 0.6 is 11.8 Å². The number of ether oxygens (including phenoxy) is 1. The number of hydrogen-bond donors (Lipinski definition) is 2. The minimum Gasteiger partial charge on any atom is -0.482 e. The van der Waals surface area contributed by atoms with Crippen molar-refractivity contribution in [3.8, 4) is 5.75 Å². The van der Waals surface area contributed by atoms with Crippen LogP contribution in [0.2, 0.25) is 0 Å². The quantitative estimate of drug-likeness (QED) is 0.787. The van der Waals surface area contributed by atoms with E-state index in [0.717, 1.165) is 16.7 Å². The maximum atomic E-state index is 11.9. The average Bonchev–Trinajstić information content (AvgIpc) is 2.80. The minimum absolute atomic E-state index is 0.225. The van der Waals surface area contributed by atoms with Gasteiger partial charge in [0.25, 0.3) is 17.1 Å². The first-order chi connectivity index (χ1) is 10.9. The zero-order valence-corrected chi connectivity index (χ0v) is 12.4. The second-order valence-corrected chi connectivity index (χ2v) is 5.76. The molecule has 2 aliphatic heterocycles. The van der Waals surface area contributed by atoms with Crippen molar-refractivity contribution >= 4 is 46.5 Å². The smallest absolute Gasteiger partial charge is 0.323 e. The highest BCUT2D eigenvalue weighted by molar-refractivity contribution is 8.18. The summed E-state index contributed by atoms with van der Waals surface area (Å²) in [5, 5.41) is 10.6. The summed E-state index contributed by atoms with van der Waals surface area (Å²) in [6.07, 6.45) is 1.49. The number of imide groups is 1. The Balaban J connectivity index is 1.97. The van der Waals surface area contributed by atoms with E-state index in [1.54, 1.807) is 18.2 Å². The number of carbonyl (C=O) groups excluding carboxylic acids is 3. The van der Waals surface area contributed by atoms with Crippen molar-refractivity contribution in [2.45, 2.75) is 0 Å². The Morgan fingerprint density at radius 2 is 2.17 bits per heavy atom. The molecule has 1 aromatic carbocycles. The number of anilines is 1. The molecule has 23 heavy (non-hydrogen) atoms. The lowest BCUT2D eigenvalue weighted by Gasteiger charge is -2.28. The monoisotopic (exact) mass is 334 g/mol. The Labute approximate surface area is 134 Å². The van der Waals surface area contributed by atoms with Crippen molar-refractivity contribution in [1.82, 2.24) is 5.32 Å². The molecule has 2 heterocycles. The fourth-order valence-electron chi connectivity index (χ4n) is 2.19. The number of carbonyl (C=O) groups is 4. The van der Waals surface area contributed by atoms with E-state index in [9.17, 15) is 19.2 Å². The number of nitrogens with one attached hydrogen (secondary N) is 1. The SMILES string of the molecule is O=C(O)CN1C(=O)COc2ccc(C=C3SC(=O)NC3=O)cc21. The highest BCUT2D eigenvalue weighted by Crippen LogP contribution is 2.34. The van der Waals surface area contributed by atoms with Gasteiger partial charge in [0.2, 0.25) is 0 Å². The van der Waals surface area contributed by atoms with Gasteiger partial charge >= 0.3 is 5.97 Å². The molecule has 3 rings (SSSR count). The number of hydrogen-bond acceptors (Lipinski definition) is 6. The highest BCUT2D eigenvalue weighted by Gasteiger charge is 2.28. The molecule has 2 N–H and O–H groups in total. The molecule has 0 bridgehead atoms. The average molecular weight is 334 g/mol. The number of fused-ring (bicyclic) bond motifs is 1. The first-order valence-electron chi connectivity index (χ1n) is 6.48. The second kappa shape index (κ2) is 5.76. The van der Waals surface area contributed by atoms with E-state index in [4.69, 9.17) is 9.84 Å². The molecule has 0 atom stereocenters. The maximum absolute atomic E-state index is 11.9. The minimum atomic E-state index is -1.15. The van der Waals surface area contributed by atoms with Gasteiger partial charge in [-0.25, -0.2) is 0 Å². The predicted octanol–water partition coefficient (Wildman–Crippen LogP) is 0.820. The number of carboxylic acids is 1. The van der Waals surface area contributed by atoms with Crippen LogP contribution < -0.4 is 15.0 Å². The van der Waals surface area contributed by atoms with Crippen LogP contribution in [-0.2, 0) is 14.4 Å². The van der Waals surface area contributed by atoms with Gasteiger partial charge in [-0.15, -0.1) is 0 Å². The van der Waals surface area contributed by atoms with Gasteiger partial charge in [0.05, 0.1) is 10.6 Å². The van der Waals surface area contributed by atoms with Crippen LogP contribution in [-0.4, -0.2) is 41.3 Å². The van der Waals surface area contributed by atoms with Gasteiger partial charge in [-0.2, -0.15) is 0 Å². The number of rotatable bonds is 3. The van der Waals surface area contributed by atoms with E-state index in [-0.39, 0.29) is 11.5 Å². The number of thioether (sulfide) groups is 1. The van der Waals surface area contributed by atoms with E-state index in [1.807, 2.05) is 0 Å². The third-order valence-corrected chi connectivity index (χ3v) is 3.97. The van der Waals surface area contributed by atoms with Crippen molar-refractivity contribution < 1.29 is 29.0 Å². The molecule has 1 saturated heterocycles. The lowest BCUT2D eigenvalue weighted by molar-refractivity contribution is -0.137. The molecule has 0 radical (unpaired) electrons. The Bertz CT molecular complexity index is 773. The van der Waals surface area contributed by atoms with Gasteiger partial charge in [-0.1, -0.05) is 6.07 Å². The zero-order valence-electron chi connectivity index (χ0n) is 11.6. The molecule has 3 amide bonds. The van der Waals surface area contributed by atoms with Crippen molar-refractivity contribution in [3.63, 3.8) is 0 Å². The van der Waals surface area contributed by atoms with E-state index >= 15 is 0 Å². The molecular weight excluding hydrogens is 324 g/mol. The number of aliphatic carboxylic acids is 1. The molecule has 9 heteroatoms. The van der Waals surface area contributed by atoms with Gasteiger partial charge < -0.3 is 9.84 Å². The van der Waals surface area contributed by atoms with E-state index in [2.05, 4.69) is 5.32 Å². The molecule has 0 saturated carbocycles. The molecule has 0 unspecified atom stereocenters. The predicted molar refractivity (Wildman–Crippen MR) is 81.0 cm³/mol. The van der Waals surface area contributed by atoms with E-state index in [1.165, 1.54) is 6.08 Å². The molecule has 0 spiro atoms. The molecular formula is C14H10N2O6S. The fourth-order valence-corrected chi connectivity index (χ4v) is 2.87. The molecule has 118 valence electrons. The lowest BCUT2D eigenvalue weighted by Crippen LogP contribution is -2.41. The fraction of sp³-hybridized carbons (Fsp3) is 0.143. The highest BCUT2D eigenvalue weighted by atomic mass is 32.2. The van der Waals surface area contributed by atoms with Crippen LogP contribution in [0.3, 0.4) is 0 Å². The summed E-state index contributed by atoms with van der Waals surface area (Å²) < 4.78 is 5.27. The van der Waals surface area contributed by atoms with Gasteiger partial charge in [-0.3, -0.25) is 29.4 Å². The van der Waals surface area contributed by atoms with Crippen molar-refractivity contribution in [3.05, 3.63) is 28.7 Å². The van der Waals surface area contributed by atoms with Gasteiger partial charge in [0.1, 0.15) is 12.3 Å². The maximum Gasteiger partial charge on any atom is 0.323 e. The van der Waals surface area contributed by atoms with Crippen molar-refractivity contribution in [2.24, 2.45) is 0 Å². The largest absolute Gasteiger partial charge is 0.482 e. The Kier molecular flexibility index (Phi) is 3.78. The zero-order chi connectivity index (χ0) is 16.6. The topological polar surface area (TPSA) is 113 Å². The third-order valence-electron chi connectivity index (χ3n) is 3.16. The summed E-state index contributed by atoms with van der Waals surface area (Å²) in [7, 11) is 0. The van der Waals surface area contributed by atoms with Gasteiger partial charge in [0, 0.05) is 0 Å².